The highest BCUT2D eigenvalue weighted by atomic mass is 16.5. The van der Waals surface area contributed by atoms with Gasteiger partial charge in [-0.25, -0.2) is 0 Å². The number of rotatable bonds is 0. The molecular weight excluding hydrogens is 148 g/mol. The molecule has 0 radical (unpaired) electrons. The van der Waals surface area contributed by atoms with Crippen molar-refractivity contribution in [3.05, 3.63) is 12.2 Å². The summed E-state index contributed by atoms with van der Waals surface area (Å²) < 4.78 is 5.87. The second kappa shape index (κ2) is 2.14. The van der Waals surface area contributed by atoms with E-state index in [0.29, 0.717) is 11.0 Å². The summed E-state index contributed by atoms with van der Waals surface area (Å²) in [6, 6.07) is 0. The Morgan fingerprint density at radius 3 is 2.58 bits per heavy atom. The van der Waals surface area contributed by atoms with Gasteiger partial charge in [0.25, 0.3) is 0 Å². The molecule has 0 aromatic heterocycles. The van der Waals surface area contributed by atoms with Gasteiger partial charge in [0, 0.05) is 5.41 Å². The van der Waals surface area contributed by atoms with Gasteiger partial charge in [0.05, 0.1) is 12.2 Å². The topological polar surface area (TPSA) is 9.23 Å². The van der Waals surface area contributed by atoms with Crippen LogP contribution in [0.3, 0.4) is 0 Å². The lowest BCUT2D eigenvalue weighted by Gasteiger charge is -2.63. The van der Waals surface area contributed by atoms with Crippen LogP contribution in [0.15, 0.2) is 12.2 Å². The van der Waals surface area contributed by atoms with E-state index in [-0.39, 0.29) is 0 Å². The molecule has 66 valence electrons. The second-order valence-corrected chi connectivity index (χ2v) is 4.65. The quantitative estimate of drug-likeness (QED) is 0.500. The lowest BCUT2D eigenvalue weighted by Crippen LogP contribution is -2.65. The molecule has 3 aliphatic rings. The highest BCUT2D eigenvalue weighted by Crippen LogP contribution is 2.60. The minimum absolute atomic E-state index is 0.306. The fourth-order valence-corrected chi connectivity index (χ4v) is 3.30. The summed E-state index contributed by atoms with van der Waals surface area (Å²) in [5.41, 5.74) is 0.889. The van der Waals surface area contributed by atoms with Crippen LogP contribution in [0.1, 0.15) is 38.5 Å². The van der Waals surface area contributed by atoms with Gasteiger partial charge in [-0.2, -0.15) is 0 Å². The first-order valence-electron chi connectivity index (χ1n) is 5.16. The zero-order valence-corrected chi connectivity index (χ0v) is 7.51. The summed E-state index contributed by atoms with van der Waals surface area (Å²) >= 11 is 0. The molecule has 2 fully saturated rings. The predicted octanol–water partition coefficient (Wildman–Crippen LogP) is 2.67. The fourth-order valence-electron chi connectivity index (χ4n) is 3.30. The second-order valence-electron chi connectivity index (χ2n) is 4.65. The maximum Gasteiger partial charge on any atom is 0.0797 e. The van der Waals surface area contributed by atoms with Crippen LogP contribution in [0, 0.1) is 5.41 Å². The summed E-state index contributed by atoms with van der Waals surface area (Å²) in [5, 5.41) is 0. The lowest BCUT2D eigenvalue weighted by atomic mass is 9.55. The van der Waals surface area contributed by atoms with Crippen LogP contribution < -0.4 is 0 Å². The molecule has 1 nitrogen and oxygen atoms in total. The van der Waals surface area contributed by atoms with E-state index in [0.717, 1.165) is 6.61 Å². The Morgan fingerprint density at radius 1 is 1.00 bits per heavy atom. The zero-order chi connectivity index (χ0) is 8.07. The summed E-state index contributed by atoms with van der Waals surface area (Å²) in [6.07, 6.45) is 12.7. The first-order chi connectivity index (χ1) is 5.87. The van der Waals surface area contributed by atoms with Crippen LogP contribution >= 0.6 is 0 Å². The molecule has 1 heteroatoms. The van der Waals surface area contributed by atoms with E-state index in [1.165, 1.54) is 38.5 Å². The van der Waals surface area contributed by atoms with Crippen molar-refractivity contribution in [1.29, 1.82) is 0 Å². The van der Waals surface area contributed by atoms with E-state index in [1.54, 1.807) is 0 Å². The third kappa shape index (κ3) is 0.646. The highest BCUT2D eigenvalue weighted by Gasteiger charge is 2.60. The number of ether oxygens (including phenoxy) is 1. The minimum Gasteiger partial charge on any atom is -0.373 e. The van der Waals surface area contributed by atoms with Crippen molar-refractivity contribution in [1.82, 2.24) is 0 Å². The Kier molecular flexibility index (Phi) is 1.27. The molecule has 0 unspecified atom stereocenters. The molecule has 0 spiro atoms. The Labute approximate surface area is 73.8 Å². The van der Waals surface area contributed by atoms with E-state index in [1.807, 2.05) is 0 Å². The van der Waals surface area contributed by atoms with E-state index in [9.17, 15) is 0 Å². The molecule has 1 saturated carbocycles. The summed E-state index contributed by atoms with van der Waals surface area (Å²) in [4.78, 5) is 0. The predicted molar refractivity (Wildman–Crippen MR) is 48.0 cm³/mol. The van der Waals surface area contributed by atoms with Crippen LogP contribution in [-0.2, 0) is 4.74 Å². The van der Waals surface area contributed by atoms with Crippen LogP contribution in [0.2, 0.25) is 0 Å². The minimum atomic E-state index is 0.306. The molecule has 0 amide bonds. The Bertz CT molecular complexity index is 209. The number of allylic oxidation sites excluding steroid dienone is 1. The van der Waals surface area contributed by atoms with Gasteiger partial charge in [0.15, 0.2) is 0 Å². The third-order valence-corrected chi connectivity index (χ3v) is 4.20. The maximum atomic E-state index is 5.87. The monoisotopic (exact) mass is 164 g/mol. The van der Waals surface area contributed by atoms with Gasteiger partial charge in [0.2, 0.25) is 0 Å². The van der Waals surface area contributed by atoms with Gasteiger partial charge >= 0.3 is 0 Å². The van der Waals surface area contributed by atoms with E-state index >= 15 is 0 Å². The molecule has 3 rings (SSSR count). The lowest BCUT2D eigenvalue weighted by molar-refractivity contribution is -0.286. The smallest absolute Gasteiger partial charge is 0.0797 e. The first kappa shape index (κ1) is 7.14. The number of hydrogen-bond donors (Lipinski definition) is 0. The molecule has 2 aliphatic carbocycles. The fraction of sp³-hybridized carbons (Fsp3) is 0.818. The molecule has 0 aromatic rings. The molecular formula is C11H16O. The highest BCUT2D eigenvalue weighted by molar-refractivity contribution is 5.18. The van der Waals surface area contributed by atoms with Crippen molar-refractivity contribution in [2.24, 2.45) is 5.41 Å². The first-order valence-corrected chi connectivity index (χ1v) is 5.16. The molecule has 1 heterocycles. The van der Waals surface area contributed by atoms with Crippen LogP contribution in [0.5, 0.6) is 0 Å². The molecule has 1 saturated heterocycles. The van der Waals surface area contributed by atoms with Gasteiger partial charge in [-0.15, -0.1) is 0 Å². The molecule has 1 aliphatic heterocycles. The van der Waals surface area contributed by atoms with Crippen molar-refractivity contribution in [3.63, 3.8) is 0 Å². The Balaban J connectivity index is 1.98. The van der Waals surface area contributed by atoms with Crippen molar-refractivity contribution in [3.8, 4) is 0 Å². The summed E-state index contributed by atoms with van der Waals surface area (Å²) in [6.45, 7) is 1.04. The van der Waals surface area contributed by atoms with Crippen LogP contribution in [-0.4, -0.2) is 12.2 Å². The van der Waals surface area contributed by atoms with Crippen molar-refractivity contribution < 1.29 is 4.74 Å². The van der Waals surface area contributed by atoms with Gasteiger partial charge in [0.1, 0.15) is 0 Å². The van der Waals surface area contributed by atoms with Crippen molar-refractivity contribution in [2.45, 2.75) is 44.1 Å². The molecule has 0 aromatic carbocycles. The molecule has 2 atom stereocenters. The van der Waals surface area contributed by atoms with Gasteiger partial charge in [-0.05, 0) is 25.7 Å². The van der Waals surface area contributed by atoms with E-state index in [2.05, 4.69) is 12.2 Å². The molecule has 0 N–H and O–H groups in total. The average Bonchev–Trinajstić information content (AvgIpc) is 2.09. The SMILES string of the molecule is C1=CC[C@@]23CCCC[C@]2(C1)CO3. The van der Waals surface area contributed by atoms with E-state index < -0.39 is 0 Å². The van der Waals surface area contributed by atoms with Crippen LogP contribution in [0.4, 0.5) is 0 Å². The van der Waals surface area contributed by atoms with Crippen molar-refractivity contribution >= 4 is 0 Å². The standard InChI is InChI=1S/C11H16O/c1-3-7-11-8-4-2-6-10(11,5-1)9-12-11/h1,3H,2,4-9H2/t10-,11-/m1/s1. The third-order valence-electron chi connectivity index (χ3n) is 4.20. The molecule has 0 bridgehead atoms. The average molecular weight is 164 g/mol. The maximum absolute atomic E-state index is 5.87. The van der Waals surface area contributed by atoms with Crippen molar-refractivity contribution in [2.75, 3.05) is 6.61 Å². The van der Waals surface area contributed by atoms with Gasteiger partial charge < -0.3 is 4.74 Å². The zero-order valence-electron chi connectivity index (χ0n) is 7.51. The molecule has 12 heavy (non-hydrogen) atoms. The normalized spacial score (nSPS) is 50.7. The Hall–Kier alpha value is -0.300. The number of hydrogen-bond acceptors (Lipinski definition) is 1. The van der Waals surface area contributed by atoms with Gasteiger partial charge in [-0.1, -0.05) is 25.0 Å². The summed E-state index contributed by atoms with van der Waals surface area (Å²) in [7, 11) is 0. The summed E-state index contributed by atoms with van der Waals surface area (Å²) in [5.74, 6) is 0. The van der Waals surface area contributed by atoms with Crippen LogP contribution in [0.25, 0.3) is 0 Å². The van der Waals surface area contributed by atoms with Gasteiger partial charge in [-0.3, -0.25) is 0 Å². The Morgan fingerprint density at radius 2 is 1.83 bits per heavy atom. The largest absolute Gasteiger partial charge is 0.373 e. The van der Waals surface area contributed by atoms with E-state index in [4.69, 9.17) is 4.74 Å².